The van der Waals surface area contributed by atoms with Gasteiger partial charge in [-0.1, -0.05) is 24.3 Å². The van der Waals surface area contributed by atoms with E-state index in [1.54, 1.807) is 48.9 Å². The molecule has 0 aliphatic rings. The summed E-state index contributed by atoms with van der Waals surface area (Å²) < 4.78 is 32.4. The fourth-order valence-corrected chi connectivity index (χ4v) is 3.93. The summed E-state index contributed by atoms with van der Waals surface area (Å²) in [5.41, 5.74) is 1.52. The number of rotatable bonds is 6. The van der Waals surface area contributed by atoms with Gasteiger partial charge in [-0.25, -0.2) is 18.8 Å². The van der Waals surface area contributed by atoms with Crippen LogP contribution in [0, 0.1) is 11.6 Å². The molecule has 0 saturated carbocycles. The maximum Gasteiger partial charge on any atom is 0.190 e. The number of thiazole rings is 1. The van der Waals surface area contributed by atoms with E-state index >= 15 is 0 Å². The molecule has 0 radical (unpaired) electrons. The molecule has 142 valence electrons. The predicted molar refractivity (Wildman–Crippen MR) is 106 cm³/mol. The second kappa shape index (κ2) is 8.31. The SMILES string of the molecule is Fc1ccccc1N=c1scc(-c2ccccc2F)n1CCCn1ccnc1. The van der Waals surface area contributed by atoms with Crippen LogP contribution in [0.5, 0.6) is 0 Å². The fraction of sp³-hybridized carbons (Fsp3) is 0.143. The van der Waals surface area contributed by atoms with E-state index in [4.69, 9.17) is 0 Å². The predicted octanol–water partition coefficient (Wildman–Crippen LogP) is 5.01. The van der Waals surface area contributed by atoms with Gasteiger partial charge < -0.3 is 9.13 Å². The van der Waals surface area contributed by atoms with Crippen molar-refractivity contribution >= 4 is 17.0 Å². The van der Waals surface area contributed by atoms with Crippen LogP contribution in [0.15, 0.2) is 77.6 Å². The van der Waals surface area contributed by atoms with E-state index in [9.17, 15) is 8.78 Å². The van der Waals surface area contributed by atoms with Crippen LogP contribution in [-0.2, 0) is 13.1 Å². The number of para-hydroxylation sites is 1. The summed E-state index contributed by atoms with van der Waals surface area (Å²) in [6.07, 6.45) is 6.21. The van der Waals surface area contributed by atoms with Crippen LogP contribution in [0.25, 0.3) is 11.3 Å². The van der Waals surface area contributed by atoms with Crippen LogP contribution < -0.4 is 4.80 Å². The van der Waals surface area contributed by atoms with Crippen LogP contribution in [0.2, 0.25) is 0 Å². The lowest BCUT2D eigenvalue weighted by Crippen LogP contribution is -2.17. The first-order valence-electron chi connectivity index (χ1n) is 8.90. The van der Waals surface area contributed by atoms with Crippen molar-refractivity contribution in [2.45, 2.75) is 19.5 Å². The Labute approximate surface area is 165 Å². The van der Waals surface area contributed by atoms with E-state index in [2.05, 4.69) is 9.98 Å². The minimum Gasteiger partial charge on any atom is -0.337 e. The molecule has 2 heterocycles. The highest BCUT2D eigenvalue weighted by Gasteiger charge is 2.12. The van der Waals surface area contributed by atoms with Gasteiger partial charge >= 0.3 is 0 Å². The lowest BCUT2D eigenvalue weighted by molar-refractivity contribution is 0.556. The van der Waals surface area contributed by atoms with Crippen molar-refractivity contribution in [3.05, 3.63) is 89.1 Å². The summed E-state index contributed by atoms with van der Waals surface area (Å²) in [5.74, 6) is -0.672. The largest absolute Gasteiger partial charge is 0.337 e. The zero-order chi connectivity index (χ0) is 19.3. The molecule has 2 aromatic heterocycles. The minimum atomic E-state index is -0.381. The van der Waals surface area contributed by atoms with Gasteiger partial charge in [0.25, 0.3) is 0 Å². The molecule has 0 aliphatic carbocycles. The molecule has 0 amide bonds. The van der Waals surface area contributed by atoms with Crippen molar-refractivity contribution in [1.82, 2.24) is 14.1 Å². The van der Waals surface area contributed by atoms with E-state index in [1.165, 1.54) is 23.5 Å². The van der Waals surface area contributed by atoms with Crippen molar-refractivity contribution in [2.75, 3.05) is 0 Å². The lowest BCUT2D eigenvalue weighted by Gasteiger charge is -2.10. The molecule has 0 bridgehead atoms. The highest BCUT2D eigenvalue weighted by molar-refractivity contribution is 7.07. The van der Waals surface area contributed by atoms with E-state index in [0.717, 1.165) is 18.7 Å². The normalized spacial score (nSPS) is 11.9. The van der Waals surface area contributed by atoms with Gasteiger partial charge in [-0.2, -0.15) is 0 Å². The van der Waals surface area contributed by atoms with Gasteiger partial charge in [0.2, 0.25) is 0 Å². The Kier molecular flexibility index (Phi) is 5.43. The number of hydrogen-bond acceptors (Lipinski definition) is 3. The monoisotopic (exact) mass is 396 g/mol. The number of nitrogens with zero attached hydrogens (tertiary/aromatic N) is 4. The fourth-order valence-electron chi connectivity index (χ4n) is 3.00. The van der Waals surface area contributed by atoms with Gasteiger partial charge in [-0.15, -0.1) is 11.3 Å². The van der Waals surface area contributed by atoms with Crippen molar-refractivity contribution in [2.24, 2.45) is 4.99 Å². The Morgan fingerprint density at radius 1 is 0.964 bits per heavy atom. The second-order valence-electron chi connectivity index (χ2n) is 6.25. The lowest BCUT2D eigenvalue weighted by atomic mass is 10.1. The Morgan fingerprint density at radius 3 is 2.50 bits per heavy atom. The molecule has 0 spiro atoms. The number of benzene rings is 2. The van der Waals surface area contributed by atoms with Crippen molar-refractivity contribution in [1.29, 1.82) is 0 Å². The average molecular weight is 396 g/mol. The first-order chi connectivity index (χ1) is 13.7. The Morgan fingerprint density at radius 2 is 1.75 bits per heavy atom. The van der Waals surface area contributed by atoms with Crippen LogP contribution in [0.1, 0.15) is 6.42 Å². The summed E-state index contributed by atoms with van der Waals surface area (Å²) in [6, 6.07) is 13.1. The number of hydrogen-bond donors (Lipinski definition) is 0. The third-order valence-electron chi connectivity index (χ3n) is 4.37. The molecule has 28 heavy (non-hydrogen) atoms. The third-order valence-corrected chi connectivity index (χ3v) is 5.24. The Bertz CT molecular complexity index is 1130. The van der Waals surface area contributed by atoms with Gasteiger partial charge in [0.05, 0.1) is 12.0 Å². The Hall–Kier alpha value is -3.06. The maximum absolute atomic E-state index is 14.4. The molecule has 4 aromatic rings. The summed E-state index contributed by atoms with van der Waals surface area (Å²) in [6.45, 7) is 1.40. The van der Waals surface area contributed by atoms with Gasteiger partial charge in [0, 0.05) is 36.4 Å². The topological polar surface area (TPSA) is 35.1 Å². The van der Waals surface area contributed by atoms with Crippen LogP contribution >= 0.6 is 11.3 Å². The Balaban J connectivity index is 1.73. The first-order valence-corrected chi connectivity index (χ1v) is 9.78. The zero-order valence-electron chi connectivity index (χ0n) is 15.0. The number of aromatic nitrogens is 3. The standard InChI is InChI=1S/C21H18F2N4S/c22-17-7-2-1-6-16(17)20-14-28-21(25-19-9-4-3-8-18(19)23)27(20)12-5-11-26-13-10-24-15-26/h1-4,6-10,13-15H,5,11-12H2. The van der Waals surface area contributed by atoms with Gasteiger partial charge in [-0.3, -0.25) is 0 Å². The molecule has 0 unspecified atom stereocenters. The summed E-state index contributed by atoms with van der Waals surface area (Å²) in [5, 5.41) is 1.87. The van der Waals surface area contributed by atoms with E-state index in [0.29, 0.717) is 16.9 Å². The van der Waals surface area contributed by atoms with Gasteiger partial charge in [0.1, 0.15) is 17.3 Å². The van der Waals surface area contributed by atoms with Gasteiger partial charge in [0.15, 0.2) is 4.80 Å². The molecule has 0 saturated heterocycles. The second-order valence-corrected chi connectivity index (χ2v) is 7.09. The van der Waals surface area contributed by atoms with Crippen LogP contribution in [0.3, 0.4) is 0 Å². The summed E-state index contributed by atoms with van der Waals surface area (Å²) >= 11 is 1.37. The van der Waals surface area contributed by atoms with E-state index in [-0.39, 0.29) is 17.3 Å². The molecule has 0 atom stereocenters. The molecule has 0 N–H and O–H groups in total. The highest BCUT2D eigenvalue weighted by Crippen LogP contribution is 2.24. The number of aryl methyl sites for hydroxylation is 1. The third kappa shape index (κ3) is 3.94. The van der Waals surface area contributed by atoms with E-state index in [1.807, 2.05) is 20.7 Å². The molecule has 0 fully saturated rings. The number of imidazole rings is 1. The smallest absolute Gasteiger partial charge is 0.190 e. The average Bonchev–Trinajstić information content (AvgIpc) is 3.35. The van der Waals surface area contributed by atoms with Crippen molar-refractivity contribution in [3.8, 4) is 11.3 Å². The molecular weight excluding hydrogens is 378 g/mol. The summed E-state index contributed by atoms with van der Waals surface area (Å²) in [4.78, 5) is 9.18. The maximum atomic E-state index is 14.4. The van der Waals surface area contributed by atoms with Crippen molar-refractivity contribution < 1.29 is 8.78 Å². The zero-order valence-corrected chi connectivity index (χ0v) is 15.8. The molecule has 2 aromatic carbocycles. The van der Waals surface area contributed by atoms with Crippen LogP contribution in [0.4, 0.5) is 14.5 Å². The summed E-state index contributed by atoms with van der Waals surface area (Å²) in [7, 11) is 0. The molecule has 0 aliphatic heterocycles. The molecule has 7 heteroatoms. The number of halogens is 2. The highest BCUT2D eigenvalue weighted by atomic mass is 32.1. The molecule has 4 nitrogen and oxygen atoms in total. The van der Waals surface area contributed by atoms with Gasteiger partial charge in [-0.05, 0) is 30.7 Å². The first kappa shape index (κ1) is 18.3. The quantitative estimate of drug-likeness (QED) is 0.451. The minimum absolute atomic E-state index is 0.271. The molecule has 4 rings (SSSR count). The van der Waals surface area contributed by atoms with E-state index < -0.39 is 0 Å². The van der Waals surface area contributed by atoms with Crippen molar-refractivity contribution in [3.63, 3.8) is 0 Å². The molecular formula is C21H18F2N4S. The van der Waals surface area contributed by atoms with Crippen LogP contribution in [-0.4, -0.2) is 14.1 Å².